The van der Waals surface area contributed by atoms with Crippen LogP contribution in [0.5, 0.6) is 0 Å². The van der Waals surface area contributed by atoms with Crippen LogP contribution in [0.2, 0.25) is 0 Å². The minimum absolute atomic E-state index is 1.04. The standard InChI is InChI=1S/C16H15N/c1-11-3-5-13-9-14-7-8-17-10-16(14)12(2)15(13)6-4-11/h3,5-10H,4H2,1-2H3. The monoisotopic (exact) mass is 221 g/mol. The van der Waals surface area contributed by atoms with Crippen molar-refractivity contribution in [3.63, 3.8) is 0 Å². The van der Waals surface area contributed by atoms with Gasteiger partial charge in [-0.2, -0.15) is 0 Å². The Balaban J connectivity index is 2.50. The molecular formula is C16H15N. The number of benzene rings is 1. The highest BCUT2D eigenvalue weighted by Gasteiger charge is 2.02. The lowest BCUT2D eigenvalue weighted by molar-refractivity contribution is 1.26. The van der Waals surface area contributed by atoms with Gasteiger partial charge in [0.1, 0.15) is 0 Å². The number of hydrogen-bond acceptors (Lipinski definition) is 1. The maximum absolute atomic E-state index is 4.22. The molecule has 1 aromatic carbocycles. The van der Waals surface area contributed by atoms with Crippen LogP contribution in [0.1, 0.15) is 18.9 Å². The van der Waals surface area contributed by atoms with E-state index in [9.17, 15) is 0 Å². The highest BCUT2D eigenvalue weighted by molar-refractivity contribution is 5.85. The van der Waals surface area contributed by atoms with E-state index in [4.69, 9.17) is 0 Å². The molecule has 1 nitrogen and oxygen atoms in total. The fraction of sp³-hybridized carbons (Fsp3) is 0.188. The van der Waals surface area contributed by atoms with Gasteiger partial charge >= 0.3 is 0 Å². The largest absolute Gasteiger partial charge is 0.264 e. The van der Waals surface area contributed by atoms with Crippen LogP contribution < -0.4 is 10.4 Å². The van der Waals surface area contributed by atoms with Gasteiger partial charge in [0.25, 0.3) is 0 Å². The summed E-state index contributed by atoms with van der Waals surface area (Å²) in [5.41, 5.74) is 2.74. The Morgan fingerprint density at radius 3 is 2.94 bits per heavy atom. The van der Waals surface area contributed by atoms with E-state index in [0.717, 1.165) is 6.42 Å². The van der Waals surface area contributed by atoms with Crippen LogP contribution in [0, 0.1) is 6.92 Å². The summed E-state index contributed by atoms with van der Waals surface area (Å²) in [5, 5.41) is 5.21. The van der Waals surface area contributed by atoms with Gasteiger partial charge in [-0.15, -0.1) is 0 Å². The van der Waals surface area contributed by atoms with Crippen molar-refractivity contribution in [1.82, 2.24) is 4.98 Å². The van der Waals surface area contributed by atoms with Crippen molar-refractivity contribution in [2.75, 3.05) is 0 Å². The number of allylic oxidation sites excluding steroid dienone is 2. The summed E-state index contributed by atoms with van der Waals surface area (Å²) in [4.78, 5) is 4.22. The van der Waals surface area contributed by atoms with Crippen LogP contribution in [-0.2, 0) is 0 Å². The van der Waals surface area contributed by atoms with Crippen molar-refractivity contribution < 1.29 is 0 Å². The molecule has 1 aliphatic rings. The molecule has 1 aromatic heterocycles. The van der Waals surface area contributed by atoms with Crippen molar-refractivity contribution in [3.8, 4) is 0 Å². The summed E-state index contributed by atoms with van der Waals surface area (Å²) in [6.07, 6.45) is 11.6. The predicted octanol–water partition coefficient (Wildman–Crippen LogP) is 2.45. The average molecular weight is 221 g/mol. The lowest BCUT2D eigenvalue weighted by atomic mass is 10.0. The van der Waals surface area contributed by atoms with Crippen molar-refractivity contribution in [3.05, 3.63) is 52.2 Å². The lowest BCUT2D eigenvalue weighted by Crippen LogP contribution is -2.26. The number of rotatable bonds is 0. The second kappa shape index (κ2) is 3.85. The Labute approximate surface area is 101 Å². The first-order valence-electron chi connectivity index (χ1n) is 5.97. The summed E-state index contributed by atoms with van der Waals surface area (Å²) < 4.78 is 0. The molecule has 0 unspecified atom stereocenters. The Bertz CT molecular complexity index is 736. The molecule has 17 heavy (non-hydrogen) atoms. The number of hydrogen-bond donors (Lipinski definition) is 0. The van der Waals surface area contributed by atoms with Crippen molar-refractivity contribution in [1.29, 1.82) is 0 Å². The predicted molar refractivity (Wildman–Crippen MR) is 73.0 cm³/mol. The van der Waals surface area contributed by atoms with Crippen LogP contribution in [0.25, 0.3) is 22.9 Å². The van der Waals surface area contributed by atoms with E-state index in [1.807, 2.05) is 12.4 Å². The van der Waals surface area contributed by atoms with Gasteiger partial charge in [0.05, 0.1) is 0 Å². The summed E-state index contributed by atoms with van der Waals surface area (Å²) in [6, 6.07) is 4.34. The van der Waals surface area contributed by atoms with E-state index >= 15 is 0 Å². The molecule has 0 amide bonds. The van der Waals surface area contributed by atoms with Crippen LogP contribution in [0.3, 0.4) is 0 Å². The molecule has 0 saturated carbocycles. The summed E-state index contributed by atoms with van der Waals surface area (Å²) in [7, 11) is 0. The first-order valence-corrected chi connectivity index (χ1v) is 5.97. The Hall–Kier alpha value is -1.89. The smallest absolute Gasteiger partial charge is 0.0349 e. The zero-order chi connectivity index (χ0) is 11.8. The van der Waals surface area contributed by atoms with Gasteiger partial charge in [-0.3, -0.25) is 4.98 Å². The molecule has 0 aliphatic heterocycles. The third-order valence-corrected chi connectivity index (χ3v) is 3.46. The van der Waals surface area contributed by atoms with Crippen molar-refractivity contribution >= 4 is 22.9 Å². The molecular weight excluding hydrogens is 206 g/mol. The lowest BCUT2D eigenvalue weighted by Gasteiger charge is -2.03. The molecule has 1 heteroatoms. The van der Waals surface area contributed by atoms with Gasteiger partial charge in [-0.25, -0.2) is 0 Å². The van der Waals surface area contributed by atoms with Gasteiger partial charge < -0.3 is 0 Å². The highest BCUT2D eigenvalue weighted by Crippen LogP contribution is 2.12. The van der Waals surface area contributed by atoms with Crippen LogP contribution in [0.15, 0.2) is 36.2 Å². The number of pyridine rings is 1. The first kappa shape index (κ1) is 10.3. The maximum Gasteiger partial charge on any atom is 0.0349 e. The molecule has 0 atom stereocenters. The Kier molecular flexibility index (Phi) is 2.32. The number of fused-ring (bicyclic) bond motifs is 2. The second-order valence-corrected chi connectivity index (χ2v) is 4.69. The highest BCUT2D eigenvalue weighted by atomic mass is 14.6. The zero-order valence-electron chi connectivity index (χ0n) is 10.2. The molecule has 3 rings (SSSR count). The van der Waals surface area contributed by atoms with Crippen LogP contribution in [0.4, 0.5) is 0 Å². The molecule has 0 spiro atoms. The molecule has 0 saturated heterocycles. The normalized spacial score (nSPS) is 14.4. The first-order chi connectivity index (χ1) is 8.25. The van der Waals surface area contributed by atoms with Crippen molar-refractivity contribution in [2.45, 2.75) is 20.3 Å². The average Bonchev–Trinajstić information content (AvgIpc) is 2.53. The topological polar surface area (TPSA) is 12.9 Å². The van der Waals surface area contributed by atoms with Gasteiger partial charge in [0, 0.05) is 17.8 Å². The molecule has 2 aromatic rings. The maximum atomic E-state index is 4.22. The second-order valence-electron chi connectivity index (χ2n) is 4.69. The van der Waals surface area contributed by atoms with E-state index in [1.165, 1.54) is 32.3 Å². The van der Waals surface area contributed by atoms with E-state index in [2.05, 4.69) is 49.2 Å². The van der Waals surface area contributed by atoms with Gasteiger partial charge in [0.2, 0.25) is 0 Å². The van der Waals surface area contributed by atoms with Crippen molar-refractivity contribution in [2.24, 2.45) is 0 Å². The van der Waals surface area contributed by atoms with E-state index < -0.39 is 0 Å². The molecule has 0 bridgehead atoms. The number of nitrogens with zero attached hydrogens (tertiary/aromatic N) is 1. The van der Waals surface area contributed by atoms with E-state index in [0.29, 0.717) is 0 Å². The molecule has 1 aliphatic carbocycles. The Morgan fingerprint density at radius 1 is 1.18 bits per heavy atom. The third-order valence-electron chi connectivity index (χ3n) is 3.46. The molecule has 1 heterocycles. The summed E-state index contributed by atoms with van der Waals surface area (Å²) in [5.74, 6) is 0. The summed E-state index contributed by atoms with van der Waals surface area (Å²) >= 11 is 0. The fourth-order valence-corrected chi connectivity index (χ4v) is 2.42. The van der Waals surface area contributed by atoms with E-state index in [-0.39, 0.29) is 0 Å². The number of aromatic nitrogens is 1. The van der Waals surface area contributed by atoms with Gasteiger partial charge in [-0.05, 0) is 53.8 Å². The molecule has 84 valence electrons. The number of aryl methyl sites for hydroxylation is 1. The minimum atomic E-state index is 1.04. The molecule has 0 N–H and O–H groups in total. The van der Waals surface area contributed by atoms with Gasteiger partial charge in [0.15, 0.2) is 0 Å². The SMILES string of the molecule is CC1=CC=c2cc3ccncc3c(C)c2=CC1. The van der Waals surface area contributed by atoms with E-state index in [1.54, 1.807) is 0 Å². The molecule has 0 fully saturated rings. The quantitative estimate of drug-likeness (QED) is 0.666. The Morgan fingerprint density at radius 2 is 2.06 bits per heavy atom. The summed E-state index contributed by atoms with van der Waals surface area (Å²) in [6.45, 7) is 4.36. The minimum Gasteiger partial charge on any atom is -0.264 e. The fourth-order valence-electron chi connectivity index (χ4n) is 2.42. The van der Waals surface area contributed by atoms with Gasteiger partial charge in [-0.1, -0.05) is 23.8 Å². The zero-order valence-corrected chi connectivity index (χ0v) is 10.2. The van der Waals surface area contributed by atoms with Crippen LogP contribution >= 0.6 is 0 Å². The third kappa shape index (κ3) is 1.68. The van der Waals surface area contributed by atoms with Crippen LogP contribution in [-0.4, -0.2) is 4.98 Å². The molecule has 0 radical (unpaired) electrons.